The Balaban J connectivity index is 0.00000162. The summed E-state index contributed by atoms with van der Waals surface area (Å²) in [5.74, 6) is -1.60. The Morgan fingerprint density at radius 3 is 2.32 bits per heavy atom. The number of anilines is 1. The standard InChI is InChI=1S/C12H15FN2O2.2ClH/c1-14-4-6-15(7-5-14)11-3-2-9(13)8-10(11)12(16)17;;/h2-3,8H,4-7H2,1H3,(H,16,17);2*1H. The first-order valence-corrected chi connectivity index (χ1v) is 5.54. The van der Waals surface area contributed by atoms with Crippen LogP contribution in [0.2, 0.25) is 0 Å². The summed E-state index contributed by atoms with van der Waals surface area (Å²) in [4.78, 5) is 15.2. The molecule has 1 fully saturated rings. The van der Waals surface area contributed by atoms with Crippen LogP contribution in [-0.4, -0.2) is 49.2 Å². The number of hydrogen-bond donors (Lipinski definition) is 1. The number of carbonyl (C=O) groups is 1. The lowest BCUT2D eigenvalue weighted by atomic mass is 10.1. The molecule has 0 bridgehead atoms. The molecular weight excluding hydrogens is 294 g/mol. The number of piperazine rings is 1. The summed E-state index contributed by atoms with van der Waals surface area (Å²) in [5.41, 5.74) is 0.640. The van der Waals surface area contributed by atoms with Gasteiger partial charge >= 0.3 is 5.97 Å². The van der Waals surface area contributed by atoms with Gasteiger partial charge in [-0.05, 0) is 25.2 Å². The molecule has 0 spiro atoms. The Kier molecular flexibility index (Phi) is 7.11. The lowest BCUT2D eigenvalue weighted by Gasteiger charge is -2.34. The Morgan fingerprint density at radius 1 is 1.21 bits per heavy atom. The van der Waals surface area contributed by atoms with Crippen LogP contribution in [0.3, 0.4) is 0 Å². The normalized spacial score (nSPS) is 15.4. The topological polar surface area (TPSA) is 43.8 Å². The maximum Gasteiger partial charge on any atom is 0.337 e. The quantitative estimate of drug-likeness (QED) is 0.909. The van der Waals surface area contributed by atoms with Gasteiger partial charge in [0.1, 0.15) is 5.82 Å². The van der Waals surface area contributed by atoms with Gasteiger partial charge in [-0.1, -0.05) is 0 Å². The number of hydrogen-bond acceptors (Lipinski definition) is 3. The van der Waals surface area contributed by atoms with E-state index in [4.69, 9.17) is 5.11 Å². The van der Waals surface area contributed by atoms with Gasteiger partial charge < -0.3 is 14.9 Å². The Morgan fingerprint density at radius 2 is 1.79 bits per heavy atom. The van der Waals surface area contributed by atoms with Crippen molar-refractivity contribution in [1.29, 1.82) is 0 Å². The highest BCUT2D eigenvalue weighted by molar-refractivity contribution is 5.94. The SMILES string of the molecule is CN1CCN(c2ccc(F)cc2C(=O)O)CC1.Cl.Cl. The van der Waals surface area contributed by atoms with Crippen molar-refractivity contribution >= 4 is 36.5 Å². The van der Waals surface area contributed by atoms with Gasteiger partial charge in [0.05, 0.1) is 11.3 Å². The molecule has 1 aliphatic rings. The third-order valence-corrected chi connectivity index (χ3v) is 3.03. The number of aromatic carboxylic acids is 1. The van der Waals surface area contributed by atoms with E-state index in [0.29, 0.717) is 5.69 Å². The molecular formula is C12H17Cl2FN2O2. The van der Waals surface area contributed by atoms with Crippen LogP contribution in [0.15, 0.2) is 18.2 Å². The molecule has 4 nitrogen and oxygen atoms in total. The Bertz CT molecular complexity index is 438. The van der Waals surface area contributed by atoms with Crippen LogP contribution in [0.5, 0.6) is 0 Å². The second-order valence-electron chi connectivity index (χ2n) is 4.26. The van der Waals surface area contributed by atoms with Gasteiger partial charge in [0, 0.05) is 26.2 Å². The summed E-state index contributed by atoms with van der Waals surface area (Å²) in [6, 6.07) is 3.93. The fourth-order valence-corrected chi connectivity index (χ4v) is 2.00. The molecule has 0 aromatic heterocycles. The zero-order valence-electron chi connectivity index (χ0n) is 10.5. The second kappa shape index (κ2) is 7.53. The molecule has 1 saturated heterocycles. The van der Waals surface area contributed by atoms with Gasteiger partial charge in [-0.2, -0.15) is 0 Å². The third kappa shape index (κ3) is 4.23. The molecule has 0 aliphatic carbocycles. The van der Waals surface area contributed by atoms with Crippen LogP contribution in [-0.2, 0) is 0 Å². The van der Waals surface area contributed by atoms with Crippen molar-refractivity contribution in [3.63, 3.8) is 0 Å². The summed E-state index contributed by atoms with van der Waals surface area (Å²) >= 11 is 0. The molecule has 0 unspecified atom stereocenters. The number of carboxylic acid groups (broad SMARTS) is 1. The molecule has 0 atom stereocenters. The number of nitrogens with zero attached hydrogens (tertiary/aromatic N) is 2. The van der Waals surface area contributed by atoms with E-state index in [9.17, 15) is 9.18 Å². The van der Waals surface area contributed by atoms with Crippen LogP contribution in [0.1, 0.15) is 10.4 Å². The van der Waals surface area contributed by atoms with Gasteiger partial charge in [-0.15, -0.1) is 24.8 Å². The van der Waals surface area contributed by atoms with E-state index in [1.165, 1.54) is 6.07 Å². The van der Waals surface area contributed by atoms with Crippen molar-refractivity contribution in [2.24, 2.45) is 0 Å². The van der Waals surface area contributed by atoms with E-state index in [1.54, 1.807) is 6.07 Å². The zero-order valence-corrected chi connectivity index (χ0v) is 12.1. The van der Waals surface area contributed by atoms with Gasteiger partial charge in [-0.25, -0.2) is 9.18 Å². The highest BCUT2D eigenvalue weighted by Gasteiger charge is 2.20. The number of carboxylic acids is 1. The number of halogens is 3. The highest BCUT2D eigenvalue weighted by atomic mass is 35.5. The monoisotopic (exact) mass is 310 g/mol. The summed E-state index contributed by atoms with van der Waals surface area (Å²) < 4.78 is 13.0. The maximum absolute atomic E-state index is 13.0. The van der Waals surface area contributed by atoms with E-state index in [-0.39, 0.29) is 30.4 Å². The van der Waals surface area contributed by atoms with Crippen molar-refractivity contribution in [1.82, 2.24) is 4.90 Å². The van der Waals surface area contributed by atoms with E-state index in [2.05, 4.69) is 4.90 Å². The summed E-state index contributed by atoms with van der Waals surface area (Å²) in [7, 11) is 2.03. The molecule has 108 valence electrons. The summed E-state index contributed by atoms with van der Waals surface area (Å²) in [6.07, 6.45) is 0. The predicted octanol–water partition coefficient (Wildman–Crippen LogP) is 2.12. The zero-order chi connectivity index (χ0) is 12.4. The molecule has 1 aromatic rings. The second-order valence-corrected chi connectivity index (χ2v) is 4.26. The first kappa shape index (κ1) is 18.0. The molecule has 0 radical (unpaired) electrons. The van der Waals surface area contributed by atoms with Crippen LogP contribution in [0.25, 0.3) is 0 Å². The lowest BCUT2D eigenvalue weighted by Crippen LogP contribution is -2.45. The number of likely N-dealkylation sites (N-methyl/N-ethyl adjacent to an activating group) is 1. The minimum absolute atomic E-state index is 0. The highest BCUT2D eigenvalue weighted by Crippen LogP contribution is 2.22. The molecule has 0 saturated carbocycles. The smallest absolute Gasteiger partial charge is 0.337 e. The van der Waals surface area contributed by atoms with E-state index < -0.39 is 11.8 Å². The Labute approximate surface area is 124 Å². The molecule has 2 rings (SSSR count). The molecule has 0 amide bonds. The van der Waals surface area contributed by atoms with E-state index in [1.807, 2.05) is 11.9 Å². The van der Waals surface area contributed by atoms with Crippen molar-refractivity contribution in [2.75, 3.05) is 38.1 Å². The minimum atomic E-state index is -1.08. The van der Waals surface area contributed by atoms with Crippen molar-refractivity contribution in [3.8, 4) is 0 Å². The predicted molar refractivity (Wildman–Crippen MR) is 77.6 cm³/mol. The lowest BCUT2D eigenvalue weighted by molar-refractivity contribution is 0.0697. The average molecular weight is 311 g/mol. The Hall–Kier alpha value is -1.04. The van der Waals surface area contributed by atoms with Gasteiger partial charge in [0.2, 0.25) is 0 Å². The fourth-order valence-electron chi connectivity index (χ4n) is 2.00. The molecule has 19 heavy (non-hydrogen) atoms. The largest absolute Gasteiger partial charge is 0.478 e. The van der Waals surface area contributed by atoms with Gasteiger partial charge in [0.25, 0.3) is 0 Å². The van der Waals surface area contributed by atoms with Crippen LogP contribution in [0.4, 0.5) is 10.1 Å². The molecule has 1 N–H and O–H groups in total. The van der Waals surface area contributed by atoms with E-state index >= 15 is 0 Å². The van der Waals surface area contributed by atoms with Crippen molar-refractivity contribution in [2.45, 2.75) is 0 Å². The molecule has 1 aromatic carbocycles. The third-order valence-electron chi connectivity index (χ3n) is 3.03. The van der Waals surface area contributed by atoms with Crippen LogP contribution in [0, 0.1) is 5.82 Å². The van der Waals surface area contributed by atoms with Crippen molar-refractivity contribution in [3.05, 3.63) is 29.6 Å². The average Bonchev–Trinajstić information content (AvgIpc) is 2.30. The van der Waals surface area contributed by atoms with Crippen LogP contribution < -0.4 is 4.90 Å². The number of rotatable bonds is 2. The maximum atomic E-state index is 13.0. The van der Waals surface area contributed by atoms with Gasteiger partial charge in [-0.3, -0.25) is 0 Å². The molecule has 1 heterocycles. The first-order chi connectivity index (χ1) is 8.08. The summed E-state index contributed by atoms with van der Waals surface area (Å²) in [5, 5.41) is 9.07. The first-order valence-electron chi connectivity index (χ1n) is 5.54. The van der Waals surface area contributed by atoms with Gasteiger partial charge in [0.15, 0.2) is 0 Å². The number of benzene rings is 1. The molecule has 7 heteroatoms. The summed E-state index contributed by atoms with van der Waals surface area (Å²) in [6.45, 7) is 3.30. The van der Waals surface area contributed by atoms with Crippen molar-refractivity contribution < 1.29 is 14.3 Å². The van der Waals surface area contributed by atoms with Crippen LogP contribution >= 0.6 is 24.8 Å². The van der Waals surface area contributed by atoms with E-state index in [0.717, 1.165) is 32.2 Å². The minimum Gasteiger partial charge on any atom is -0.478 e. The fraction of sp³-hybridized carbons (Fsp3) is 0.417. The molecule has 1 aliphatic heterocycles.